The van der Waals surface area contributed by atoms with Crippen LogP contribution < -0.4 is 10.6 Å². The normalized spacial score (nSPS) is 20.1. The van der Waals surface area contributed by atoms with E-state index in [1.54, 1.807) is 24.5 Å². The van der Waals surface area contributed by atoms with Crippen LogP contribution in [-0.2, 0) is 0 Å². The lowest BCUT2D eigenvalue weighted by molar-refractivity contribution is 0.0954. The Bertz CT molecular complexity index is 760. The number of carbonyl (C=O) groups is 1. The van der Waals surface area contributed by atoms with Crippen LogP contribution in [0.4, 0.5) is 0 Å². The van der Waals surface area contributed by atoms with Gasteiger partial charge in [-0.15, -0.1) is 0 Å². The van der Waals surface area contributed by atoms with Gasteiger partial charge in [0.15, 0.2) is 5.96 Å². The van der Waals surface area contributed by atoms with E-state index in [0.29, 0.717) is 30.6 Å². The maximum atomic E-state index is 12.1. The number of guanidine groups is 1. The number of rotatable bonds is 6. The fraction of sp³-hybridized carbons (Fsp3) is 0.500. The lowest BCUT2D eigenvalue weighted by Gasteiger charge is -2.39. The Hall–Kier alpha value is -2.90. The Morgan fingerprint density at radius 1 is 1.32 bits per heavy atom. The third kappa shape index (κ3) is 5.09. The van der Waals surface area contributed by atoms with Crippen LogP contribution in [0.2, 0.25) is 0 Å². The van der Waals surface area contributed by atoms with E-state index < -0.39 is 0 Å². The third-order valence-electron chi connectivity index (χ3n) is 5.04. The average Bonchev–Trinajstić information content (AvgIpc) is 3.26. The summed E-state index contributed by atoms with van der Waals surface area (Å²) in [7, 11) is 0. The monoisotopic (exact) mass is 383 g/mol. The molecule has 2 aromatic rings. The first-order valence-electron chi connectivity index (χ1n) is 9.88. The van der Waals surface area contributed by atoms with E-state index in [-0.39, 0.29) is 5.91 Å². The Balaban J connectivity index is 1.57. The van der Waals surface area contributed by atoms with Gasteiger partial charge in [0.2, 0.25) is 0 Å². The number of carbonyl (C=O) groups excluding carboxylic acids is 1. The SMILES string of the molecule is CCNC(=NCCNC(=O)c1cccnc1)N1CCC(C)C(n2ccnc2)C1. The first-order valence-corrected chi connectivity index (χ1v) is 9.88. The summed E-state index contributed by atoms with van der Waals surface area (Å²) in [5.41, 5.74) is 0.562. The van der Waals surface area contributed by atoms with Crippen LogP contribution >= 0.6 is 0 Å². The second-order valence-corrected chi connectivity index (χ2v) is 7.02. The van der Waals surface area contributed by atoms with Crippen molar-refractivity contribution >= 4 is 11.9 Å². The molecule has 2 N–H and O–H groups in total. The minimum Gasteiger partial charge on any atom is -0.357 e. The summed E-state index contributed by atoms with van der Waals surface area (Å²) in [6.07, 6.45) is 10.1. The molecule has 2 aromatic heterocycles. The number of aromatic nitrogens is 3. The lowest BCUT2D eigenvalue weighted by atomic mass is 9.93. The predicted octanol–water partition coefficient (Wildman–Crippen LogP) is 1.56. The molecule has 8 nitrogen and oxygen atoms in total. The van der Waals surface area contributed by atoms with E-state index in [1.165, 1.54) is 0 Å². The molecule has 1 saturated heterocycles. The molecular weight excluding hydrogens is 354 g/mol. The Morgan fingerprint density at radius 3 is 2.93 bits per heavy atom. The molecular formula is C20H29N7O. The Labute approximate surface area is 166 Å². The van der Waals surface area contributed by atoms with E-state index in [0.717, 1.165) is 32.0 Å². The molecule has 0 bridgehead atoms. The fourth-order valence-corrected chi connectivity index (χ4v) is 3.45. The summed E-state index contributed by atoms with van der Waals surface area (Å²) < 4.78 is 2.19. The Morgan fingerprint density at radius 2 is 2.21 bits per heavy atom. The van der Waals surface area contributed by atoms with E-state index in [4.69, 9.17) is 4.99 Å². The van der Waals surface area contributed by atoms with Crippen LogP contribution in [0.5, 0.6) is 0 Å². The summed E-state index contributed by atoms with van der Waals surface area (Å²) in [4.78, 5) is 27.3. The summed E-state index contributed by atoms with van der Waals surface area (Å²) >= 11 is 0. The zero-order valence-corrected chi connectivity index (χ0v) is 16.6. The second kappa shape index (κ2) is 9.87. The summed E-state index contributed by atoms with van der Waals surface area (Å²) in [5.74, 6) is 1.36. The van der Waals surface area contributed by atoms with Gasteiger partial charge < -0.3 is 20.1 Å². The van der Waals surface area contributed by atoms with E-state index in [1.807, 2.05) is 18.7 Å². The van der Waals surface area contributed by atoms with Gasteiger partial charge in [-0.05, 0) is 31.4 Å². The van der Waals surface area contributed by atoms with Gasteiger partial charge in [-0.1, -0.05) is 6.92 Å². The van der Waals surface area contributed by atoms with Gasteiger partial charge in [-0.25, -0.2) is 4.98 Å². The molecule has 1 aliphatic heterocycles. The molecule has 3 heterocycles. The van der Waals surface area contributed by atoms with E-state index in [9.17, 15) is 4.79 Å². The van der Waals surface area contributed by atoms with Crippen LogP contribution in [0.3, 0.4) is 0 Å². The van der Waals surface area contributed by atoms with Crippen LogP contribution in [-0.4, -0.2) is 64.0 Å². The van der Waals surface area contributed by atoms with Crippen LogP contribution in [0, 0.1) is 5.92 Å². The van der Waals surface area contributed by atoms with Gasteiger partial charge in [0, 0.05) is 51.0 Å². The maximum Gasteiger partial charge on any atom is 0.252 e. The topological polar surface area (TPSA) is 87.4 Å². The first kappa shape index (κ1) is 19.9. The van der Waals surface area contributed by atoms with Crippen molar-refractivity contribution in [2.75, 3.05) is 32.7 Å². The summed E-state index contributed by atoms with van der Waals surface area (Å²) in [6, 6.07) is 3.89. The van der Waals surface area contributed by atoms with Crippen molar-refractivity contribution in [2.45, 2.75) is 26.3 Å². The van der Waals surface area contributed by atoms with Gasteiger partial charge in [-0.3, -0.25) is 14.8 Å². The van der Waals surface area contributed by atoms with Crippen molar-refractivity contribution in [3.05, 3.63) is 48.8 Å². The van der Waals surface area contributed by atoms with Crippen molar-refractivity contribution in [1.82, 2.24) is 30.1 Å². The van der Waals surface area contributed by atoms with Gasteiger partial charge in [-0.2, -0.15) is 0 Å². The zero-order valence-electron chi connectivity index (χ0n) is 16.6. The molecule has 2 atom stereocenters. The van der Waals surface area contributed by atoms with Crippen LogP contribution in [0.1, 0.15) is 36.7 Å². The van der Waals surface area contributed by atoms with E-state index >= 15 is 0 Å². The number of hydrogen-bond donors (Lipinski definition) is 2. The van der Waals surface area contributed by atoms with Crippen LogP contribution in [0.25, 0.3) is 0 Å². The highest BCUT2D eigenvalue weighted by atomic mass is 16.1. The zero-order chi connectivity index (χ0) is 19.8. The average molecular weight is 384 g/mol. The molecule has 0 spiro atoms. The van der Waals surface area contributed by atoms with Gasteiger partial charge in [0.05, 0.1) is 24.5 Å². The third-order valence-corrected chi connectivity index (χ3v) is 5.04. The highest BCUT2D eigenvalue weighted by molar-refractivity contribution is 5.93. The number of imidazole rings is 1. The van der Waals surface area contributed by atoms with Crippen molar-refractivity contribution in [1.29, 1.82) is 0 Å². The maximum absolute atomic E-state index is 12.1. The van der Waals surface area contributed by atoms with Gasteiger partial charge in [0.1, 0.15) is 0 Å². The molecule has 2 unspecified atom stereocenters. The Kier molecular flexibility index (Phi) is 7.00. The molecule has 1 fully saturated rings. The highest BCUT2D eigenvalue weighted by Gasteiger charge is 2.28. The molecule has 28 heavy (non-hydrogen) atoms. The number of aliphatic imine (C=N–C) groups is 1. The fourth-order valence-electron chi connectivity index (χ4n) is 3.45. The number of nitrogens with zero attached hydrogens (tertiary/aromatic N) is 5. The predicted molar refractivity (Wildman–Crippen MR) is 109 cm³/mol. The number of likely N-dealkylation sites (tertiary alicyclic amines) is 1. The van der Waals surface area contributed by atoms with Crippen molar-refractivity contribution in [2.24, 2.45) is 10.9 Å². The van der Waals surface area contributed by atoms with Crippen molar-refractivity contribution in [3.8, 4) is 0 Å². The molecule has 1 amide bonds. The van der Waals surface area contributed by atoms with Gasteiger partial charge >= 0.3 is 0 Å². The second-order valence-electron chi connectivity index (χ2n) is 7.02. The van der Waals surface area contributed by atoms with Crippen LogP contribution in [0.15, 0.2) is 48.2 Å². The molecule has 0 radical (unpaired) electrons. The summed E-state index contributed by atoms with van der Waals surface area (Å²) in [5, 5.41) is 6.27. The number of amides is 1. The quantitative estimate of drug-likeness (QED) is 0.449. The summed E-state index contributed by atoms with van der Waals surface area (Å²) in [6.45, 7) is 8.04. The molecule has 3 rings (SSSR count). The molecule has 1 aliphatic rings. The molecule has 0 aromatic carbocycles. The number of hydrogen-bond acceptors (Lipinski definition) is 4. The lowest BCUT2D eigenvalue weighted by Crippen LogP contribution is -2.49. The molecule has 8 heteroatoms. The minimum absolute atomic E-state index is 0.125. The number of pyridine rings is 1. The number of piperidine rings is 1. The van der Waals surface area contributed by atoms with E-state index in [2.05, 4.69) is 43.9 Å². The number of nitrogens with one attached hydrogen (secondary N) is 2. The van der Waals surface area contributed by atoms with Gasteiger partial charge in [0.25, 0.3) is 5.91 Å². The molecule has 0 saturated carbocycles. The standard InChI is InChI=1S/C20H29N7O/c1-3-23-20(25-9-8-24-19(28)17-5-4-7-21-13-17)26-11-6-16(2)18(14-26)27-12-10-22-15-27/h4-5,7,10,12-13,15-16,18H,3,6,8-9,11,14H2,1-2H3,(H,23,25)(H,24,28). The molecule has 150 valence electrons. The molecule has 0 aliphatic carbocycles. The minimum atomic E-state index is -0.125. The highest BCUT2D eigenvalue weighted by Crippen LogP contribution is 2.27. The van der Waals surface area contributed by atoms with Crippen molar-refractivity contribution in [3.63, 3.8) is 0 Å². The smallest absolute Gasteiger partial charge is 0.252 e. The first-order chi connectivity index (χ1) is 13.7. The van der Waals surface area contributed by atoms with Crippen molar-refractivity contribution < 1.29 is 4.79 Å². The largest absolute Gasteiger partial charge is 0.357 e.